The van der Waals surface area contributed by atoms with Crippen LogP contribution in [0.4, 0.5) is 0 Å². The summed E-state index contributed by atoms with van der Waals surface area (Å²) in [6, 6.07) is 0. The molecule has 2 heteroatoms. The lowest BCUT2D eigenvalue weighted by atomic mass is 9.97. The van der Waals surface area contributed by atoms with Crippen LogP contribution in [-0.2, 0) is 0 Å². The fourth-order valence-corrected chi connectivity index (χ4v) is 1.93. The largest absolute Gasteiger partial charge is 0.496 e. The predicted octanol–water partition coefficient (Wildman–Crippen LogP) is 3.27. The zero-order valence-corrected chi connectivity index (χ0v) is 10.1. The Morgan fingerprint density at radius 2 is 1.33 bits per heavy atom. The van der Waals surface area contributed by atoms with Gasteiger partial charge >= 0.3 is 0 Å². The molecule has 0 saturated carbocycles. The molecule has 0 aliphatic heterocycles. The van der Waals surface area contributed by atoms with Crippen molar-refractivity contribution in [2.75, 3.05) is 14.2 Å². The molecule has 0 heterocycles. The van der Waals surface area contributed by atoms with Crippen LogP contribution < -0.4 is 9.47 Å². The molecule has 0 spiro atoms. The first-order valence-corrected chi connectivity index (χ1v) is 4.92. The van der Waals surface area contributed by atoms with Gasteiger partial charge in [0.25, 0.3) is 0 Å². The van der Waals surface area contributed by atoms with E-state index >= 15 is 0 Å². The van der Waals surface area contributed by atoms with Gasteiger partial charge in [-0.15, -0.1) is 0 Å². The maximum absolute atomic E-state index is 5.40. The van der Waals surface area contributed by atoms with E-state index in [0.29, 0.717) is 0 Å². The van der Waals surface area contributed by atoms with E-state index in [2.05, 4.69) is 6.58 Å². The molecule has 0 amide bonds. The van der Waals surface area contributed by atoms with Crippen molar-refractivity contribution in [3.8, 4) is 11.5 Å². The molecule has 0 unspecified atom stereocenters. The smallest absolute Gasteiger partial charge is 0.129 e. The van der Waals surface area contributed by atoms with Crippen molar-refractivity contribution < 1.29 is 9.47 Å². The Morgan fingerprint density at radius 1 is 0.867 bits per heavy atom. The van der Waals surface area contributed by atoms with Gasteiger partial charge in [0.2, 0.25) is 0 Å². The highest BCUT2D eigenvalue weighted by atomic mass is 16.5. The van der Waals surface area contributed by atoms with Crippen LogP contribution in [-0.4, -0.2) is 14.2 Å². The standard InChI is InChI=1S/C13H18O2/c1-7-11-10(4)12(14-5)8(2)9(3)13(11)15-6/h7H,1H2,2-6H3. The molecule has 1 aromatic carbocycles. The second-order valence-corrected chi connectivity index (χ2v) is 3.56. The topological polar surface area (TPSA) is 18.5 Å². The third kappa shape index (κ3) is 1.72. The van der Waals surface area contributed by atoms with Gasteiger partial charge in [-0.3, -0.25) is 0 Å². The van der Waals surface area contributed by atoms with Gasteiger partial charge in [0, 0.05) is 11.1 Å². The number of hydrogen-bond donors (Lipinski definition) is 0. The van der Waals surface area contributed by atoms with Crippen molar-refractivity contribution in [1.82, 2.24) is 0 Å². The molecule has 2 nitrogen and oxygen atoms in total. The van der Waals surface area contributed by atoms with Crippen molar-refractivity contribution in [1.29, 1.82) is 0 Å². The zero-order chi connectivity index (χ0) is 11.6. The minimum atomic E-state index is 0.890. The number of hydrogen-bond acceptors (Lipinski definition) is 2. The van der Waals surface area contributed by atoms with Crippen LogP contribution in [0.15, 0.2) is 6.58 Å². The van der Waals surface area contributed by atoms with Crippen LogP contribution in [0.3, 0.4) is 0 Å². The van der Waals surface area contributed by atoms with Crippen LogP contribution in [0.2, 0.25) is 0 Å². The fourth-order valence-electron chi connectivity index (χ4n) is 1.93. The van der Waals surface area contributed by atoms with Crippen LogP contribution in [0.5, 0.6) is 11.5 Å². The van der Waals surface area contributed by atoms with Gasteiger partial charge in [0.15, 0.2) is 0 Å². The Bertz CT molecular complexity index is 392. The Balaban J connectivity index is 3.64. The van der Waals surface area contributed by atoms with Crippen molar-refractivity contribution in [2.45, 2.75) is 20.8 Å². The molecule has 0 aliphatic carbocycles. The molecular weight excluding hydrogens is 188 g/mol. The van der Waals surface area contributed by atoms with E-state index in [1.807, 2.05) is 26.8 Å². The van der Waals surface area contributed by atoms with Crippen LogP contribution in [0.1, 0.15) is 22.3 Å². The van der Waals surface area contributed by atoms with Crippen molar-refractivity contribution in [3.05, 3.63) is 28.8 Å². The normalized spacial score (nSPS) is 9.93. The Hall–Kier alpha value is -1.44. The molecule has 0 saturated heterocycles. The third-order valence-corrected chi connectivity index (χ3v) is 2.85. The molecule has 1 aromatic rings. The maximum Gasteiger partial charge on any atom is 0.129 e. The van der Waals surface area contributed by atoms with Gasteiger partial charge in [-0.25, -0.2) is 0 Å². The lowest BCUT2D eigenvalue weighted by Crippen LogP contribution is -2.00. The molecule has 0 atom stereocenters. The molecule has 0 fully saturated rings. The van der Waals surface area contributed by atoms with Crippen LogP contribution in [0.25, 0.3) is 6.08 Å². The zero-order valence-electron chi connectivity index (χ0n) is 10.1. The van der Waals surface area contributed by atoms with Gasteiger partial charge in [0.1, 0.15) is 11.5 Å². The maximum atomic E-state index is 5.40. The molecule has 1 rings (SSSR count). The van der Waals surface area contributed by atoms with E-state index in [1.165, 1.54) is 0 Å². The van der Waals surface area contributed by atoms with E-state index < -0.39 is 0 Å². The van der Waals surface area contributed by atoms with Crippen molar-refractivity contribution >= 4 is 6.08 Å². The van der Waals surface area contributed by atoms with E-state index in [-0.39, 0.29) is 0 Å². The molecule has 0 aromatic heterocycles. The number of ether oxygens (including phenoxy) is 2. The SMILES string of the molecule is C=Cc1c(C)c(OC)c(C)c(C)c1OC. The lowest BCUT2D eigenvalue weighted by Gasteiger charge is -2.18. The third-order valence-electron chi connectivity index (χ3n) is 2.85. The highest BCUT2D eigenvalue weighted by Gasteiger charge is 2.16. The average Bonchev–Trinajstić information content (AvgIpc) is 2.23. The summed E-state index contributed by atoms with van der Waals surface area (Å²) in [6.45, 7) is 9.90. The van der Waals surface area contributed by atoms with E-state index in [4.69, 9.17) is 9.47 Å². The Labute approximate surface area is 91.5 Å². The molecule has 15 heavy (non-hydrogen) atoms. The molecule has 0 N–H and O–H groups in total. The highest BCUT2D eigenvalue weighted by Crippen LogP contribution is 2.37. The van der Waals surface area contributed by atoms with Gasteiger partial charge in [-0.2, -0.15) is 0 Å². The molecular formula is C13H18O2. The summed E-state index contributed by atoms with van der Waals surface area (Å²) in [6.07, 6.45) is 1.81. The quantitative estimate of drug-likeness (QED) is 0.755. The number of benzene rings is 1. The first-order valence-electron chi connectivity index (χ1n) is 4.92. The predicted molar refractivity (Wildman–Crippen MR) is 63.8 cm³/mol. The monoisotopic (exact) mass is 206 g/mol. The number of rotatable bonds is 3. The summed E-state index contributed by atoms with van der Waals surface area (Å²) in [7, 11) is 3.37. The van der Waals surface area contributed by atoms with Gasteiger partial charge in [-0.1, -0.05) is 12.7 Å². The van der Waals surface area contributed by atoms with E-state index in [0.717, 1.165) is 33.8 Å². The van der Waals surface area contributed by atoms with Gasteiger partial charge < -0.3 is 9.47 Å². The first-order chi connectivity index (χ1) is 7.08. The molecule has 0 bridgehead atoms. The van der Waals surface area contributed by atoms with Gasteiger partial charge in [-0.05, 0) is 31.9 Å². The highest BCUT2D eigenvalue weighted by molar-refractivity contribution is 5.68. The Morgan fingerprint density at radius 3 is 1.73 bits per heavy atom. The summed E-state index contributed by atoms with van der Waals surface area (Å²) < 4.78 is 10.8. The van der Waals surface area contributed by atoms with Crippen LogP contribution in [0, 0.1) is 20.8 Å². The lowest BCUT2D eigenvalue weighted by molar-refractivity contribution is 0.394. The fraction of sp³-hybridized carbons (Fsp3) is 0.385. The molecule has 0 radical (unpaired) electrons. The second kappa shape index (κ2) is 4.39. The minimum absolute atomic E-state index is 0.890. The van der Waals surface area contributed by atoms with E-state index in [1.54, 1.807) is 14.2 Å². The summed E-state index contributed by atoms with van der Waals surface area (Å²) in [4.78, 5) is 0. The van der Waals surface area contributed by atoms with Crippen molar-refractivity contribution in [2.24, 2.45) is 0 Å². The second-order valence-electron chi connectivity index (χ2n) is 3.56. The summed E-state index contributed by atoms with van der Waals surface area (Å²) in [5, 5.41) is 0. The average molecular weight is 206 g/mol. The summed E-state index contributed by atoms with van der Waals surface area (Å²) >= 11 is 0. The minimum Gasteiger partial charge on any atom is -0.496 e. The van der Waals surface area contributed by atoms with Gasteiger partial charge in [0.05, 0.1) is 14.2 Å². The number of methoxy groups -OCH3 is 2. The molecule has 82 valence electrons. The van der Waals surface area contributed by atoms with Crippen LogP contribution >= 0.6 is 0 Å². The first kappa shape index (κ1) is 11.6. The molecule has 0 aliphatic rings. The van der Waals surface area contributed by atoms with E-state index in [9.17, 15) is 0 Å². The summed E-state index contributed by atoms with van der Waals surface area (Å²) in [5.41, 5.74) is 4.32. The summed E-state index contributed by atoms with van der Waals surface area (Å²) in [5.74, 6) is 1.81. The van der Waals surface area contributed by atoms with Crippen molar-refractivity contribution in [3.63, 3.8) is 0 Å². The Kier molecular flexibility index (Phi) is 3.40.